The highest BCUT2D eigenvalue weighted by molar-refractivity contribution is 7.91. The Balaban J connectivity index is 1.63. The molecule has 1 fully saturated rings. The van der Waals surface area contributed by atoms with E-state index in [0.717, 1.165) is 0 Å². The number of aliphatic hydroxyl groups excluding tert-OH is 1. The van der Waals surface area contributed by atoms with Gasteiger partial charge < -0.3 is 9.84 Å². The molecule has 1 heterocycles. The summed E-state index contributed by atoms with van der Waals surface area (Å²) in [5.74, 6) is 0.924. The van der Waals surface area contributed by atoms with Crippen LogP contribution in [0.2, 0.25) is 0 Å². The van der Waals surface area contributed by atoms with Gasteiger partial charge >= 0.3 is 0 Å². The average molecular weight is 436 g/mol. The number of hydrogen-bond acceptors (Lipinski definition) is 5. The molecule has 2 aromatic carbocycles. The van der Waals surface area contributed by atoms with Crippen molar-refractivity contribution in [3.63, 3.8) is 0 Å². The maximum atomic E-state index is 14.2. The first-order valence-electron chi connectivity index (χ1n) is 10.3. The van der Waals surface area contributed by atoms with Crippen molar-refractivity contribution in [2.75, 3.05) is 24.7 Å². The number of aliphatic hydroxyl groups is 1. The van der Waals surface area contributed by atoms with E-state index in [0.29, 0.717) is 23.7 Å². The third-order valence-electron chi connectivity index (χ3n) is 5.49. The van der Waals surface area contributed by atoms with Gasteiger partial charge in [-0.15, -0.1) is 0 Å². The molecule has 3 rings (SSSR count). The van der Waals surface area contributed by atoms with Gasteiger partial charge in [0.05, 0.1) is 11.5 Å². The molecule has 164 valence electrons. The highest BCUT2D eigenvalue weighted by atomic mass is 32.2. The van der Waals surface area contributed by atoms with Crippen LogP contribution in [0, 0.1) is 5.82 Å². The summed E-state index contributed by atoms with van der Waals surface area (Å²) in [7, 11) is -3.09. The highest BCUT2D eigenvalue weighted by Gasteiger charge is 2.33. The van der Waals surface area contributed by atoms with Gasteiger partial charge in [0.15, 0.2) is 9.84 Å². The van der Waals surface area contributed by atoms with Crippen LogP contribution in [0.4, 0.5) is 4.39 Å². The Morgan fingerprint density at radius 2 is 1.87 bits per heavy atom. The molecule has 0 bridgehead atoms. The van der Waals surface area contributed by atoms with E-state index in [-0.39, 0.29) is 43.1 Å². The molecule has 5 nitrogen and oxygen atoms in total. The van der Waals surface area contributed by atoms with E-state index < -0.39 is 15.9 Å². The van der Waals surface area contributed by atoms with Gasteiger partial charge in [0.1, 0.15) is 24.3 Å². The van der Waals surface area contributed by atoms with Crippen LogP contribution in [0.5, 0.6) is 5.75 Å². The summed E-state index contributed by atoms with van der Waals surface area (Å²) in [5.41, 5.74) is 1.69. The first kappa shape index (κ1) is 22.7. The predicted molar refractivity (Wildman–Crippen MR) is 116 cm³/mol. The molecule has 0 aliphatic carbocycles. The van der Waals surface area contributed by atoms with E-state index in [1.54, 1.807) is 18.2 Å². The lowest BCUT2D eigenvalue weighted by Crippen LogP contribution is -2.42. The molecule has 1 aliphatic rings. The molecule has 0 radical (unpaired) electrons. The Morgan fingerprint density at radius 3 is 2.47 bits per heavy atom. The normalized spacial score (nSPS) is 19.3. The Bertz CT molecular complexity index is 930. The molecule has 0 amide bonds. The Labute approximate surface area is 178 Å². The molecule has 2 atom stereocenters. The second-order valence-electron chi connectivity index (χ2n) is 8.27. The summed E-state index contributed by atoms with van der Waals surface area (Å²) in [4.78, 5) is 1.86. The fourth-order valence-corrected chi connectivity index (χ4v) is 5.48. The smallest absolute Gasteiger partial charge is 0.151 e. The summed E-state index contributed by atoms with van der Waals surface area (Å²) < 4.78 is 43.8. The van der Waals surface area contributed by atoms with E-state index in [1.807, 2.05) is 29.2 Å². The van der Waals surface area contributed by atoms with E-state index in [9.17, 15) is 17.9 Å². The number of ether oxygens (including phenoxy) is 1. The van der Waals surface area contributed by atoms with Gasteiger partial charge in [0.25, 0.3) is 0 Å². The summed E-state index contributed by atoms with van der Waals surface area (Å²) in [6.45, 7) is 4.76. The zero-order valence-electron chi connectivity index (χ0n) is 17.5. The van der Waals surface area contributed by atoms with Crippen LogP contribution in [-0.4, -0.2) is 55.2 Å². The maximum absolute atomic E-state index is 14.2. The fraction of sp³-hybridized carbons (Fsp3) is 0.478. The second-order valence-corrected chi connectivity index (χ2v) is 10.5. The lowest BCUT2D eigenvalue weighted by atomic mass is 10.0. The molecule has 7 heteroatoms. The second kappa shape index (κ2) is 9.90. The van der Waals surface area contributed by atoms with Crippen LogP contribution in [0.25, 0.3) is 0 Å². The first-order valence-corrected chi connectivity index (χ1v) is 12.1. The van der Waals surface area contributed by atoms with Gasteiger partial charge in [-0.3, -0.25) is 4.90 Å². The van der Waals surface area contributed by atoms with Crippen molar-refractivity contribution < 1.29 is 22.7 Å². The monoisotopic (exact) mass is 435 g/mol. The van der Waals surface area contributed by atoms with Crippen LogP contribution in [-0.2, 0) is 16.4 Å². The van der Waals surface area contributed by atoms with Crippen LogP contribution < -0.4 is 4.74 Å². The number of benzene rings is 2. The quantitative estimate of drug-likeness (QED) is 0.654. The predicted octanol–water partition coefficient (Wildman–Crippen LogP) is 3.38. The Kier molecular flexibility index (Phi) is 7.50. The van der Waals surface area contributed by atoms with E-state index in [1.165, 1.54) is 11.6 Å². The van der Waals surface area contributed by atoms with Crippen molar-refractivity contribution in [1.29, 1.82) is 0 Å². The topological polar surface area (TPSA) is 66.8 Å². The number of nitrogens with zero attached hydrogens (tertiary/aromatic N) is 1. The Morgan fingerprint density at radius 1 is 1.17 bits per heavy atom. The minimum atomic E-state index is -3.09. The molecule has 1 saturated heterocycles. The van der Waals surface area contributed by atoms with E-state index in [2.05, 4.69) is 13.8 Å². The molecule has 0 aromatic heterocycles. The number of sulfone groups is 1. The van der Waals surface area contributed by atoms with Crippen LogP contribution in [0.1, 0.15) is 37.3 Å². The summed E-state index contributed by atoms with van der Waals surface area (Å²) in [6, 6.07) is 14.0. The molecular formula is C23H30FNO4S. The zero-order chi connectivity index (χ0) is 21.7. The number of hydrogen-bond donors (Lipinski definition) is 1. The van der Waals surface area contributed by atoms with Gasteiger partial charge in [-0.25, -0.2) is 12.8 Å². The van der Waals surface area contributed by atoms with Gasteiger partial charge in [-0.1, -0.05) is 44.2 Å². The van der Waals surface area contributed by atoms with Crippen LogP contribution in [0.15, 0.2) is 48.5 Å². The molecule has 0 saturated carbocycles. The number of rotatable bonds is 9. The van der Waals surface area contributed by atoms with Crippen molar-refractivity contribution in [3.05, 3.63) is 65.5 Å². The van der Waals surface area contributed by atoms with Crippen molar-refractivity contribution >= 4 is 9.84 Å². The van der Waals surface area contributed by atoms with Gasteiger partial charge in [0, 0.05) is 24.7 Å². The van der Waals surface area contributed by atoms with E-state index >= 15 is 0 Å². The third-order valence-corrected chi connectivity index (χ3v) is 7.24. The molecule has 30 heavy (non-hydrogen) atoms. The highest BCUT2D eigenvalue weighted by Crippen LogP contribution is 2.22. The maximum Gasteiger partial charge on any atom is 0.151 e. The fourth-order valence-electron chi connectivity index (χ4n) is 3.72. The summed E-state index contributed by atoms with van der Waals surface area (Å²) >= 11 is 0. The molecule has 1 N–H and O–H groups in total. The SMILES string of the molecule is CC(C)c1ccc(OCC(O)CN(Cc2ccccc2F)C2CCS(=O)(=O)C2)cc1. The summed E-state index contributed by atoms with van der Waals surface area (Å²) in [5, 5.41) is 10.6. The minimum Gasteiger partial charge on any atom is -0.491 e. The van der Waals surface area contributed by atoms with Crippen molar-refractivity contribution in [2.45, 2.75) is 44.9 Å². The van der Waals surface area contributed by atoms with Gasteiger partial charge in [-0.05, 0) is 36.1 Å². The lowest BCUT2D eigenvalue weighted by Gasteiger charge is -2.30. The largest absolute Gasteiger partial charge is 0.491 e. The van der Waals surface area contributed by atoms with E-state index in [4.69, 9.17) is 4.74 Å². The zero-order valence-corrected chi connectivity index (χ0v) is 18.3. The number of halogens is 1. The molecule has 2 aromatic rings. The van der Waals surface area contributed by atoms with Crippen molar-refractivity contribution in [1.82, 2.24) is 4.90 Å². The lowest BCUT2D eigenvalue weighted by molar-refractivity contribution is 0.0520. The average Bonchev–Trinajstić information content (AvgIpc) is 3.07. The molecule has 2 unspecified atom stereocenters. The summed E-state index contributed by atoms with van der Waals surface area (Å²) in [6.07, 6.45) is -0.342. The van der Waals surface area contributed by atoms with Crippen molar-refractivity contribution in [2.24, 2.45) is 0 Å². The van der Waals surface area contributed by atoms with Gasteiger partial charge in [0.2, 0.25) is 0 Å². The molecule has 1 aliphatic heterocycles. The molecule has 0 spiro atoms. The standard InChI is InChI=1S/C23H30FNO4S/c1-17(2)18-7-9-22(10-8-18)29-15-21(26)14-25(20-11-12-30(27,28)16-20)13-19-5-3-4-6-23(19)24/h3-10,17,20-21,26H,11-16H2,1-2H3. The first-order chi connectivity index (χ1) is 14.2. The Hall–Kier alpha value is -1.96. The third kappa shape index (κ3) is 6.27. The van der Waals surface area contributed by atoms with Gasteiger partial charge in [-0.2, -0.15) is 0 Å². The molecular weight excluding hydrogens is 405 g/mol. The van der Waals surface area contributed by atoms with Crippen molar-refractivity contribution in [3.8, 4) is 5.75 Å². The van der Waals surface area contributed by atoms with Crippen LogP contribution in [0.3, 0.4) is 0 Å². The van der Waals surface area contributed by atoms with Crippen LogP contribution >= 0.6 is 0 Å². The minimum absolute atomic E-state index is 0.0334.